The van der Waals surface area contributed by atoms with E-state index >= 15 is 0 Å². The van der Waals surface area contributed by atoms with Crippen LogP contribution in [0.2, 0.25) is 5.02 Å². The van der Waals surface area contributed by atoms with Crippen molar-refractivity contribution >= 4 is 41.3 Å². The summed E-state index contributed by atoms with van der Waals surface area (Å²) in [6.07, 6.45) is -2.18. The van der Waals surface area contributed by atoms with Gasteiger partial charge in [-0.05, 0) is 48.5 Å². The maximum absolute atomic E-state index is 13.4. The van der Waals surface area contributed by atoms with Gasteiger partial charge in [-0.2, -0.15) is 37.6 Å². The van der Waals surface area contributed by atoms with E-state index in [1.54, 1.807) is 36.4 Å². The minimum atomic E-state index is -4.66. The average Bonchev–Trinajstić information content (AvgIpc) is 2.89. The Kier molecular flexibility index (Phi) is 10.4. The number of hydrogen-bond acceptors (Lipinski definition) is 9. The second-order valence-electron chi connectivity index (χ2n) is 8.12. The Balaban J connectivity index is 1.83. The highest BCUT2D eigenvalue weighted by Gasteiger charge is 2.44. The van der Waals surface area contributed by atoms with Gasteiger partial charge in [0.25, 0.3) is 0 Å². The van der Waals surface area contributed by atoms with Crippen molar-refractivity contribution in [3.63, 3.8) is 0 Å². The van der Waals surface area contributed by atoms with Crippen molar-refractivity contribution in [3.8, 4) is 5.75 Å². The zero-order chi connectivity index (χ0) is 29.1. The first kappa shape index (κ1) is 29.9. The summed E-state index contributed by atoms with van der Waals surface area (Å²) < 4.78 is 55.9. The highest BCUT2D eigenvalue weighted by molar-refractivity contribution is 6.30. The number of aromatic nitrogens is 3. The summed E-state index contributed by atoms with van der Waals surface area (Å²) in [5.74, 6) is -0.370. The van der Waals surface area contributed by atoms with Crippen LogP contribution in [0.5, 0.6) is 5.75 Å². The van der Waals surface area contributed by atoms with Crippen LogP contribution < -0.4 is 26.5 Å². The number of nitrogens with zero attached hydrogens (tertiary/aromatic N) is 4. The third kappa shape index (κ3) is 9.58. The van der Waals surface area contributed by atoms with Gasteiger partial charge in [-0.25, -0.2) is 5.43 Å². The Hall–Kier alpha value is -4.65. The average molecular weight is 577 g/mol. The maximum atomic E-state index is 13.4. The number of hydrazone groups is 1. The third-order valence-corrected chi connectivity index (χ3v) is 4.98. The lowest BCUT2D eigenvalue weighted by Crippen LogP contribution is -2.33. The lowest BCUT2D eigenvalue weighted by Gasteiger charge is -2.17. The van der Waals surface area contributed by atoms with Gasteiger partial charge in [-0.1, -0.05) is 54.1 Å². The zero-order valence-electron chi connectivity index (χ0n) is 21.1. The fraction of sp³-hybridized carbons (Fsp3) is 0.154. The summed E-state index contributed by atoms with van der Waals surface area (Å²) in [4.78, 5) is 12.8. The van der Waals surface area contributed by atoms with Gasteiger partial charge in [-0.15, -0.1) is 0 Å². The standard InChI is InChI=1S/C26H25ClF4N8O/c1-16(2)6-7-18(13-32)14-33-23-36-24(35-20-4-3-5-21(12-20)40-26(30,31)22(28)29)38-25(37-23)39-34-15-17-8-10-19(27)11-9-17/h3-13,15,22H,1,14,32H2,2H3,(H3,33,35,36,37,38,39)/b7-6-,18-13+,34-15+. The molecular weight excluding hydrogens is 552 g/mol. The molecule has 210 valence electrons. The Labute approximate surface area is 232 Å². The van der Waals surface area contributed by atoms with Crippen molar-refractivity contribution in [1.29, 1.82) is 0 Å². The number of rotatable bonds is 13. The van der Waals surface area contributed by atoms with Gasteiger partial charge in [0.15, 0.2) is 0 Å². The van der Waals surface area contributed by atoms with Crippen LogP contribution in [0.1, 0.15) is 12.5 Å². The van der Waals surface area contributed by atoms with E-state index in [-0.39, 0.29) is 30.1 Å². The molecule has 0 spiro atoms. The molecule has 0 aliphatic heterocycles. The van der Waals surface area contributed by atoms with E-state index in [9.17, 15) is 17.6 Å². The highest BCUT2D eigenvalue weighted by atomic mass is 35.5. The smallest absolute Gasteiger partial charge is 0.428 e. The SMILES string of the molecule is C=C(C)/C=C\C(=C/N)CNc1nc(N/N=C/c2ccc(Cl)cc2)nc(Nc2cccc(OC(F)(F)C(F)F)c2)n1. The maximum Gasteiger partial charge on any atom is 0.461 e. The number of hydrogen-bond donors (Lipinski definition) is 4. The van der Waals surface area contributed by atoms with Crippen LogP contribution >= 0.6 is 11.6 Å². The molecule has 0 unspecified atom stereocenters. The molecule has 5 N–H and O–H groups in total. The van der Waals surface area contributed by atoms with Crippen LogP contribution in [0.4, 0.5) is 41.1 Å². The molecule has 3 aromatic rings. The molecule has 0 fully saturated rings. The molecule has 0 saturated heterocycles. The predicted molar refractivity (Wildman–Crippen MR) is 149 cm³/mol. The summed E-state index contributed by atoms with van der Waals surface area (Å²) >= 11 is 5.90. The second-order valence-corrected chi connectivity index (χ2v) is 8.56. The molecule has 2 aromatic carbocycles. The molecular formula is C26H25ClF4N8O. The van der Waals surface area contributed by atoms with Gasteiger partial charge < -0.3 is 21.1 Å². The van der Waals surface area contributed by atoms with Gasteiger partial charge in [0.2, 0.25) is 17.8 Å². The van der Waals surface area contributed by atoms with Crippen molar-refractivity contribution in [2.75, 3.05) is 22.6 Å². The predicted octanol–water partition coefficient (Wildman–Crippen LogP) is 6.34. The molecule has 1 aromatic heterocycles. The Bertz CT molecular complexity index is 1400. The van der Waals surface area contributed by atoms with E-state index < -0.39 is 18.3 Å². The van der Waals surface area contributed by atoms with E-state index in [1.165, 1.54) is 24.5 Å². The van der Waals surface area contributed by atoms with E-state index in [1.807, 2.05) is 6.92 Å². The number of anilines is 4. The van der Waals surface area contributed by atoms with Crippen LogP contribution in [0.25, 0.3) is 0 Å². The molecule has 9 nitrogen and oxygen atoms in total. The zero-order valence-corrected chi connectivity index (χ0v) is 21.8. The largest absolute Gasteiger partial charge is 0.461 e. The monoisotopic (exact) mass is 576 g/mol. The van der Waals surface area contributed by atoms with Crippen LogP contribution in [-0.4, -0.2) is 40.2 Å². The van der Waals surface area contributed by atoms with Crippen molar-refractivity contribution in [2.24, 2.45) is 10.8 Å². The van der Waals surface area contributed by atoms with E-state index in [2.05, 4.69) is 47.4 Å². The second kappa shape index (κ2) is 13.9. The van der Waals surface area contributed by atoms with E-state index in [4.69, 9.17) is 17.3 Å². The number of alkyl halides is 4. The molecule has 0 amide bonds. The Morgan fingerprint density at radius 2 is 1.80 bits per heavy atom. The van der Waals surface area contributed by atoms with Crippen LogP contribution in [-0.2, 0) is 0 Å². The molecule has 0 saturated carbocycles. The van der Waals surface area contributed by atoms with Crippen LogP contribution in [0.15, 0.2) is 89.7 Å². The van der Waals surface area contributed by atoms with Crippen molar-refractivity contribution in [1.82, 2.24) is 15.0 Å². The van der Waals surface area contributed by atoms with E-state index in [0.29, 0.717) is 10.6 Å². The van der Waals surface area contributed by atoms with Crippen molar-refractivity contribution < 1.29 is 22.3 Å². The summed E-state index contributed by atoms with van der Waals surface area (Å²) in [7, 11) is 0. The number of nitrogens with two attached hydrogens (primary N) is 1. The van der Waals surface area contributed by atoms with E-state index in [0.717, 1.165) is 23.3 Å². The number of ether oxygens (including phenoxy) is 1. The van der Waals surface area contributed by atoms with Gasteiger partial charge in [-0.3, -0.25) is 0 Å². The Morgan fingerprint density at radius 1 is 1.10 bits per heavy atom. The number of nitrogens with one attached hydrogen (secondary N) is 3. The Morgan fingerprint density at radius 3 is 2.48 bits per heavy atom. The highest BCUT2D eigenvalue weighted by Crippen LogP contribution is 2.29. The molecule has 1 heterocycles. The summed E-state index contributed by atoms with van der Waals surface area (Å²) in [6.45, 7) is 5.87. The third-order valence-electron chi connectivity index (χ3n) is 4.73. The lowest BCUT2D eigenvalue weighted by molar-refractivity contribution is -0.253. The minimum Gasteiger partial charge on any atom is -0.428 e. The number of benzene rings is 2. The quantitative estimate of drug-likeness (QED) is 0.0805. The minimum absolute atomic E-state index is 0.0183. The normalized spacial score (nSPS) is 12.2. The number of allylic oxidation sites excluding steroid dienone is 2. The lowest BCUT2D eigenvalue weighted by atomic mass is 10.2. The summed E-state index contributed by atoms with van der Waals surface area (Å²) in [5.41, 5.74) is 10.9. The molecule has 0 aliphatic rings. The molecule has 0 atom stereocenters. The first-order valence-corrected chi connectivity index (χ1v) is 11.9. The van der Waals surface area contributed by atoms with Crippen LogP contribution in [0, 0.1) is 0 Å². The molecule has 14 heteroatoms. The fourth-order valence-electron chi connectivity index (χ4n) is 2.85. The molecule has 40 heavy (non-hydrogen) atoms. The van der Waals surface area contributed by atoms with Crippen molar-refractivity contribution in [2.45, 2.75) is 19.5 Å². The summed E-state index contributed by atoms with van der Waals surface area (Å²) in [5, 5.41) is 10.5. The first-order chi connectivity index (χ1) is 19.0. The van der Waals surface area contributed by atoms with Gasteiger partial charge >= 0.3 is 12.5 Å². The van der Waals surface area contributed by atoms with Gasteiger partial charge in [0, 0.05) is 23.3 Å². The number of halogens is 5. The topological polar surface area (TPSA) is 122 Å². The van der Waals surface area contributed by atoms with Crippen LogP contribution in [0.3, 0.4) is 0 Å². The van der Waals surface area contributed by atoms with Crippen molar-refractivity contribution in [3.05, 3.63) is 95.2 Å². The first-order valence-electron chi connectivity index (χ1n) is 11.5. The fourth-order valence-corrected chi connectivity index (χ4v) is 2.97. The van der Waals surface area contributed by atoms with Gasteiger partial charge in [0.1, 0.15) is 5.75 Å². The van der Waals surface area contributed by atoms with Gasteiger partial charge in [0.05, 0.1) is 6.21 Å². The molecule has 3 rings (SSSR count). The summed E-state index contributed by atoms with van der Waals surface area (Å²) in [6, 6.07) is 11.9. The molecule has 0 radical (unpaired) electrons. The molecule has 0 bridgehead atoms. The molecule has 0 aliphatic carbocycles.